The number of halogens is 3. The molecule has 0 unspecified atom stereocenters. The third-order valence-corrected chi connectivity index (χ3v) is 8.13. The number of pyridine rings is 1. The van der Waals surface area contributed by atoms with E-state index in [1.807, 2.05) is 37.4 Å². The molecule has 2 fully saturated rings. The maximum atomic E-state index is 14.0. The van der Waals surface area contributed by atoms with Gasteiger partial charge in [-0.15, -0.1) is 10.2 Å². The molecule has 2 aliphatic rings. The Bertz CT molecular complexity index is 1660. The van der Waals surface area contributed by atoms with E-state index in [2.05, 4.69) is 32.3 Å². The standard InChI is InChI=1S/C32H33F3N6O2/c1-19-6-5-11-41(16-19)17-20-12-25(32(33,34)35)29(42)27(13-20)38-31(43)28-15-22(14-26(37-28)21-9-10-21)23-7-3-4-8-24(23)30-39-36-18-40(30)2/h3-4,7-8,12-15,18-19,21,42H,5-6,9-11,16-17H2,1-2H3,(H,38,43)/t19-/m1/s1. The molecule has 11 heteroatoms. The van der Waals surface area contributed by atoms with Crippen LogP contribution in [0.25, 0.3) is 22.5 Å². The van der Waals surface area contributed by atoms with Gasteiger partial charge in [0.1, 0.15) is 12.0 Å². The minimum atomic E-state index is -4.80. The minimum Gasteiger partial charge on any atom is -0.505 e. The molecule has 224 valence electrons. The lowest BCUT2D eigenvalue weighted by atomic mass is 9.97. The number of aromatic nitrogens is 4. The lowest BCUT2D eigenvalue weighted by Crippen LogP contribution is -2.33. The van der Waals surface area contributed by atoms with Crippen molar-refractivity contribution in [3.8, 4) is 28.3 Å². The molecule has 0 bridgehead atoms. The highest BCUT2D eigenvalue weighted by atomic mass is 19.4. The van der Waals surface area contributed by atoms with Crippen molar-refractivity contribution in [1.29, 1.82) is 0 Å². The second-order valence-electron chi connectivity index (χ2n) is 11.7. The lowest BCUT2D eigenvalue weighted by molar-refractivity contribution is -0.138. The third kappa shape index (κ3) is 6.27. The fourth-order valence-corrected chi connectivity index (χ4v) is 5.84. The lowest BCUT2D eigenvalue weighted by Gasteiger charge is -2.31. The first-order valence-corrected chi connectivity index (χ1v) is 14.5. The van der Waals surface area contributed by atoms with Crippen LogP contribution in [0.3, 0.4) is 0 Å². The number of carbonyl (C=O) groups excluding carboxylic acids is 1. The minimum absolute atomic E-state index is 0.0513. The van der Waals surface area contributed by atoms with Crippen LogP contribution in [0.15, 0.2) is 54.9 Å². The topological polar surface area (TPSA) is 96.2 Å². The van der Waals surface area contributed by atoms with Crippen LogP contribution in [0.1, 0.15) is 65.8 Å². The molecule has 1 saturated carbocycles. The number of aromatic hydroxyl groups is 1. The molecule has 43 heavy (non-hydrogen) atoms. The van der Waals surface area contributed by atoms with Gasteiger partial charge in [-0.1, -0.05) is 31.2 Å². The summed E-state index contributed by atoms with van der Waals surface area (Å²) >= 11 is 0. The smallest absolute Gasteiger partial charge is 0.420 e. The number of piperidine rings is 1. The average molecular weight is 591 g/mol. The number of anilines is 1. The van der Waals surface area contributed by atoms with E-state index in [1.165, 1.54) is 6.07 Å². The number of hydrogen-bond donors (Lipinski definition) is 2. The molecule has 1 saturated heterocycles. The zero-order chi connectivity index (χ0) is 30.3. The van der Waals surface area contributed by atoms with Crippen molar-refractivity contribution in [2.75, 3.05) is 18.4 Å². The van der Waals surface area contributed by atoms with Crippen LogP contribution in [-0.4, -0.2) is 48.8 Å². The van der Waals surface area contributed by atoms with Gasteiger partial charge in [0.05, 0.1) is 11.3 Å². The monoisotopic (exact) mass is 590 g/mol. The first kappa shape index (κ1) is 28.9. The number of carbonyl (C=O) groups is 1. The number of likely N-dealkylation sites (tertiary alicyclic amines) is 1. The summed E-state index contributed by atoms with van der Waals surface area (Å²) in [6.45, 7) is 3.97. The number of phenolic OH excluding ortho intramolecular Hbond substituents is 1. The van der Waals surface area contributed by atoms with Crippen LogP contribution < -0.4 is 5.32 Å². The number of hydrogen-bond acceptors (Lipinski definition) is 6. The van der Waals surface area contributed by atoms with Gasteiger partial charge in [0.25, 0.3) is 5.91 Å². The molecule has 3 heterocycles. The quantitative estimate of drug-likeness (QED) is 0.235. The number of benzene rings is 2. The zero-order valence-corrected chi connectivity index (χ0v) is 24.0. The van der Waals surface area contributed by atoms with Crippen LogP contribution in [0.5, 0.6) is 5.75 Å². The Labute approximate surface area is 247 Å². The number of nitrogens with one attached hydrogen (secondary N) is 1. The predicted octanol–water partition coefficient (Wildman–Crippen LogP) is 6.63. The number of amides is 1. The fourth-order valence-electron chi connectivity index (χ4n) is 5.84. The summed E-state index contributed by atoms with van der Waals surface area (Å²) in [5, 5.41) is 21.4. The largest absolute Gasteiger partial charge is 0.505 e. The Morgan fingerprint density at radius 3 is 2.53 bits per heavy atom. The Kier molecular flexibility index (Phi) is 7.68. The molecule has 1 aliphatic heterocycles. The highest BCUT2D eigenvalue weighted by Gasteiger charge is 2.36. The summed E-state index contributed by atoms with van der Waals surface area (Å²) < 4.78 is 43.7. The molecular weight excluding hydrogens is 557 g/mol. The summed E-state index contributed by atoms with van der Waals surface area (Å²) in [5.74, 6) is -0.412. The maximum absolute atomic E-state index is 14.0. The highest BCUT2D eigenvalue weighted by Crippen LogP contribution is 2.43. The maximum Gasteiger partial charge on any atom is 0.420 e. The van der Waals surface area contributed by atoms with Crippen LogP contribution in [-0.2, 0) is 19.8 Å². The molecule has 2 aromatic carbocycles. The Balaban J connectivity index is 1.36. The van der Waals surface area contributed by atoms with Gasteiger partial charge < -0.3 is 15.0 Å². The summed E-state index contributed by atoms with van der Waals surface area (Å²) in [5.41, 5.74) is 2.05. The van der Waals surface area contributed by atoms with E-state index in [0.29, 0.717) is 17.3 Å². The molecule has 1 amide bonds. The summed E-state index contributed by atoms with van der Waals surface area (Å²) in [6, 6.07) is 13.6. The van der Waals surface area contributed by atoms with Crippen molar-refractivity contribution >= 4 is 11.6 Å². The van der Waals surface area contributed by atoms with Gasteiger partial charge in [-0.05, 0) is 79.1 Å². The molecule has 0 radical (unpaired) electrons. The average Bonchev–Trinajstić information content (AvgIpc) is 3.74. The van der Waals surface area contributed by atoms with Crippen molar-refractivity contribution in [3.63, 3.8) is 0 Å². The first-order valence-electron chi connectivity index (χ1n) is 14.5. The second-order valence-corrected chi connectivity index (χ2v) is 11.7. The zero-order valence-electron chi connectivity index (χ0n) is 24.0. The second kappa shape index (κ2) is 11.4. The van der Waals surface area contributed by atoms with E-state index in [9.17, 15) is 23.1 Å². The van der Waals surface area contributed by atoms with Crippen LogP contribution in [0.4, 0.5) is 18.9 Å². The highest BCUT2D eigenvalue weighted by molar-refractivity contribution is 6.04. The van der Waals surface area contributed by atoms with Crippen molar-refractivity contribution in [2.24, 2.45) is 13.0 Å². The van der Waals surface area contributed by atoms with E-state index in [-0.39, 0.29) is 23.8 Å². The predicted molar refractivity (Wildman–Crippen MR) is 156 cm³/mol. The van der Waals surface area contributed by atoms with E-state index in [0.717, 1.165) is 67.2 Å². The first-order chi connectivity index (χ1) is 20.6. The summed E-state index contributed by atoms with van der Waals surface area (Å²) in [6.07, 6.45) is 0.744. The SMILES string of the molecule is C[C@@H]1CCCN(Cc2cc(NC(=O)c3cc(-c4ccccc4-c4nncn4C)cc(C4CC4)n3)c(O)c(C(F)(F)F)c2)C1. The van der Waals surface area contributed by atoms with Gasteiger partial charge >= 0.3 is 6.18 Å². The molecule has 8 nitrogen and oxygen atoms in total. The molecule has 2 aromatic heterocycles. The molecule has 1 aliphatic carbocycles. The molecule has 4 aromatic rings. The number of nitrogens with zero attached hydrogens (tertiary/aromatic N) is 5. The molecule has 0 spiro atoms. The molecule has 2 N–H and O–H groups in total. The van der Waals surface area contributed by atoms with E-state index >= 15 is 0 Å². The van der Waals surface area contributed by atoms with Gasteiger partial charge in [-0.25, -0.2) is 4.98 Å². The number of phenols is 1. The van der Waals surface area contributed by atoms with Crippen LogP contribution in [0, 0.1) is 5.92 Å². The van der Waals surface area contributed by atoms with Gasteiger partial charge in [0, 0.05) is 37.3 Å². The van der Waals surface area contributed by atoms with Crippen molar-refractivity contribution in [3.05, 3.63) is 77.4 Å². The third-order valence-electron chi connectivity index (χ3n) is 8.13. The van der Waals surface area contributed by atoms with Crippen molar-refractivity contribution in [1.82, 2.24) is 24.6 Å². The van der Waals surface area contributed by atoms with E-state index in [1.54, 1.807) is 17.0 Å². The Morgan fingerprint density at radius 2 is 1.86 bits per heavy atom. The summed E-state index contributed by atoms with van der Waals surface area (Å²) in [7, 11) is 1.84. The number of aryl methyl sites for hydroxylation is 1. The summed E-state index contributed by atoms with van der Waals surface area (Å²) in [4.78, 5) is 20.3. The van der Waals surface area contributed by atoms with Crippen molar-refractivity contribution in [2.45, 2.75) is 51.2 Å². The Morgan fingerprint density at radius 1 is 1.09 bits per heavy atom. The van der Waals surface area contributed by atoms with E-state index < -0.39 is 23.4 Å². The van der Waals surface area contributed by atoms with Gasteiger partial charge in [0.2, 0.25) is 0 Å². The van der Waals surface area contributed by atoms with Crippen molar-refractivity contribution < 1.29 is 23.1 Å². The van der Waals surface area contributed by atoms with Crippen LogP contribution >= 0.6 is 0 Å². The normalized spacial score (nSPS) is 17.7. The van der Waals surface area contributed by atoms with Gasteiger partial charge in [-0.2, -0.15) is 13.2 Å². The fraction of sp³-hybridized carbons (Fsp3) is 0.375. The number of rotatable bonds is 7. The molecular formula is C32H33F3N6O2. The van der Waals surface area contributed by atoms with E-state index in [4.69, 9.17) is 0 Å². The van der Waals surface area contributed by atoms with Crippen LogP contribution in [0.2, 0.25) is 0 Å². The van der Waals surface area contributed by atoms with Gasteiger partial charge in [-0.3, -0.25) is 9.69 Å². The molecule has 1 atom stereocenters. The Hall–Kier alpha value is -4.25. The van der Waals surface area contributed by atoms with Gasteiger partial charge in [0.15, 0.2) is 11.6 Å². The molecule has 6 rings (SSSR count). The number of alkyl halides is 3.